The highest BCUT2D eigenvalue weighted by molar-refractivity contribution is 6.08. The van der Waals surface area contributed by atoms with E-state index in [1.165, 1.54) is 0 Å². The summed E-state index contributed by atoms with van der Waals surface area (Å²) in [5, 5.41) is 2.74. The molecule has 1 N–H and O–H groups in total. The third-order valence-corrected chi connectivity index (χ3v) is 4.00. The summed E-state index contributed by atoms with van der Waals surface area (Å²) >= 11 is 0. The van der Waals surface area contributed by atoms with Crippen LogP contribution in [0.25, 0.3) is 0 Å². The molecule has 6 nitrogen and oxygen atoms in total. The zero-order valence-corrected chi connectivity index (χ0v) is 11.8. The minimum atomic E-state index is -0.358. The van der Waals surface area contributed by atoms with Crippen LogP contribution in [0.4, 0.5) is 10.5 Å². The predicted octanol–water partition coefficient (Wildman–Crippen LogP) is 1.36. The van der Waals surface area contributed by atoms with Crippen LogP contribution in [-0.4, -0.2) is 46.8 Å². The van der Waals surface area contributed by atoms with Crippen molar-refractivity contribution in [3.05, 3.63) is 29.8 Å². The maximum atomic E-state index is 12.1. The smallest absolute Gasteiger partial charge is 0.324 e. The molecule has 6 heteroatoms. The number of aryl methyl sites for hydroxylation is 1. The van der Waals surface area contributed by atoms with Crippen LogP contribution in [0, 0.1) is 6.92 Å². The fourth-order valence-corrected chi connectivity index (χ4v) is 2.87. The van der Waals surface area contributed by atoms with Gasteiger partial charge in [-0.25, -0.2) is 4.79 Å². The molecule has 3 rings (SSSR count). The first-order chi connectivity index (χ1) is 10.1. The van der Waals surface area contributed by atoms with Crippen LogP contribution in [0.5, 0.6) is 0 Å². The molecule has 1 aromatic carbocycles. The van der Waals surface area contributed by atoms with Crippen LogP contribution in [0.3, 0.4) is 0 Å². The van der Waals surface area contributed by atoms with Crippen molar-refractivity contribution in [2.24, 2.45) is 0 Å². The van der Waals surface area contributed by atoms with E-state index in [1.807, 2.05) is 25.1 Å². The summed E-state index contributed by atoms with van der Waals surface area (Å²) in [7, 11) is 0. The topological polar surface area (TPSA) is 69.7 Å². The quantitative estimate of drug-likeness (QED) is 0.853. The monoisotopic (exact) mass is 287 g/mol. The number of amides is 4. The van der Waals surface area contributed by atoms with Crippen molar-refractivity contribution in [3.8, 4) is 0 Å². The van der Waals surface area contributed by atoms with Gasteiger partial charge in [-0.05, 0) is 31.4 Å². The van der Waals surface area contributed by atoms with Crippen molar-refractivity contribution in [2.45, 2.75) is 25.8 Å². The third kappa shape index (κ3) is 2.37. The van der Waals surface area contributed by atoms with Gasteiger partial charge in [-0.15, -0.1) is 0 Å². The van der Waals surface area contributed by atoms with Crippen LogP contribution in [-0.2, 0) is 9.59 Å². The molecular formula is C15H17N3O3. The zero-order chi connectivity index (χ0) is 15.0. The van der Waals surface area contributed by atoms with Gasteiger partial charge in [0.25, 0.3) is 5.91 Å². The Hall–Kier alpha value is -2.37. The molecule has 4 amide bonds. The van der Waals surface area contributed by atoms with Crippen molar-refractivity contribution >= 4 is 23.5 Å². The van der Waals surface area contributed by atoms with Crippen molar-refractivity contribution < 1.29 is 14.4 Å². The van der Waals surface area contributed by atoms with Crippen LogP contribution in [0.15, 0.2) is 24.3 Å². The van der Waals surface area contributed by atoms with Crippen LogP contribution in [0.1, 0.15) is 18.4 Å². The summed E-state index contributed by atoms with van der Waals surface area (Å²) in [5.74, 6) is -0.607. The molecule has 1 atom stereocenters. The van der Waals surface area contributed by atoms with Gasteiger partial charge in [0, 0.05) is 12.2 Å². The number of anilines is 1. The molecule has 110 valence electrons. The Balaban J connectivity index is 1.67. The minimum Gasteiger partial charge on any atom is -0.324 e. The lowest BCUT2D eigenvalue weighted by Crippen LogP contribution is -2.39. The number of para-hydroxylation sites is 1. The Morgan fingerprint density at radius 2 is 2.10 bits per heavy atom. The van der Waals surface area contributed by atoms with E-state index in [2.05, 4.69) is 5.32 Å². The maximum Gasteiger partial charge on any atom is 0.327 e. The number of carbonyl (C=O) groups excluding carboxylic acids is 3. The largest absolute Gasteiger partial charge is 0.327 e. The van der Waals surface area contributed by atoms with Crippen molar-refractivity contribution in [1.29, 1.82) is 0 Å². The second-order valence-electron chi connectivity index (χ2n) is 5.42. The summed E-state index contributed by atoms with van der Waals surface area (Å²) < 4.78 is 0. The fourth-order valence-electron chi connectivity index (χ4n) is 2.87. The van der Waals surface area contributed by atoms with Crippen molar-refractivity contribution in [3.63, 3.8) is 0 Å². The Kier molecular flexibility index (Phi) is 3.37. The van der Waals surface area contributed by atoms with Crippen molar-refractivity contribution in [1.82, 2.24) is 9.80 Å². The lowest BCUT2D eigenvalue weighted by Gasteiger charge is -2.15. The molecule has 2 aliphatic heterocycles. The molecule has 1 unspecified atom stereocenters. The Bertz CT molecular complexity index is 592. The predicted molar refractivity (Wildman–Crippen MR) is 76.6 cm³/mol. The van der Waals surface area contributed by atoms with E-state index in [4.69, 9.17) is 0 Å². The van der Waals surface area contributed by atoms with Gasteiger partial charge in [0.2, 0.25) is 5.91 Å². The van der Waals surface area contributed by atoms with Gasteiger partial charge in [0.15, 0.2) is 0 Å². The lowest BCUT2D eigenvalue weighted by molar-refractivity contribution is -0.131. The summed E-state index contributed by atoms with van der Waals surface area (Å²) in [6.45, 7) is 2.27. The zero-order valence-electron chi connectivity index (χ0n) is 11.8. The number of hydrogen-bond acceptors (Lipinski definition) is 3. The first-order valence-corrected chi connectivity index (χ1v) is 7.05. The standard InChI is InChI=1S/C15H17N3O3/c1-10-5-2-3-6-11(10)16-13(19)9-18-14(20)12-7-4-8-17(12)15(18)21/h2-3,5-6,12H,4,7-9H2,1H3,(H,16,19). The number of imide groups is 1. The molecule has 0 aromatic heterocycles. The van der Waals surface area contributed by atoms with Crippen LogP contribution < -0.4 is 5.32 Å². The summed E-state index contributed by atoms with van der Waals surface area (Å²) in [4.78, 5) is 38.9. The Morgan fingerprint density at radius 3 is 2.81 bits per heavy atom. The maximum absolute atomic E-state index is 12.1. The van der Waals surface area contributed by atoms with Crippen LogP contribution in [0.2, 0.25) is 0 Å². The molecule has 0 bridgehead atoms. The number of nitrogens with one attached hydrogen (secondary N) is 1. The molecule has 2 aliphatic rings. The normalized spacial score (nSPS) is 20.9. The SMILES string of the molecule is Cc1ccccc1NC(=O)CN1C(=O)C2CCCN2C1=O. The lowest BCUT2D eigenvalue weighted by atomic mass is 10.2. The van der Waals surface area contributed by atoms with Gasteiger partial charge < -0.3 is 10.2 Å². The van der Waals surface area contributed by atoms with E-state index in [9.17, 15) is 14.4 Å². The van der Waals surface area contributed by atoms with E-state index in [1.54, 1.807) is 11.0 Å². The van der Waals surface area contributed by atoms with Crippen LogP contribution >= 0.6 is 0 Å². The molecule has 1 aromatic rings. The van der Waals surface area contributed by atoms with E-state index in [0.29, 0.717) is 18.7 Å². The Labute approximate surface area is 122 Å². The van der Waals surface area contributed by atoms with E-state index in [0.717, 1.165) is 16.9 Å². The number of carbonyl (C=O) groups is 3. The molecule has 0 saturated carbocycles. The third-order valence-electron chi connectivity index (χ3n) is 4.00. The minimum absolute atomic E-state index is 0.223. The van der Waals surface area contributed by atoms with Gasteiger partial charge in [-0.1, -0.05) is 18.2 Å². The number of urea groups is 1. The summed E-state index contributed by atoms with van der Waals surface area (Å²) in [6.07, 6.45) is 1.55. The van der Waals surface area contributed by atoms with Crippen molar-refractivity contribution in [2.75, 3.05) is 18.4 Å². The molecule has 0 radical (unpaired) electrons. The molecule has 0 spiro atoms. The van der Waals surface area contributed by atoms with Gasteiger partial charge in [-0.3, -0.25) is 14.5 Å². The fraction of sp³-hybridized carbons (Fsp3) is 0.400. The highest BCUT2D eigenvalue weighted by Crippen LogP contribution is 2.27. The molecule has 2 heterocycles. The highest BCUT2D eigenvalue weighted by Gasteiger charge is 2.47. The van der Waals surface area contributed by atoms with Gasteiger partial charge >= 0.3 is 6.03 Å². The Morgan fingerprint density at radius 1 is 1.33 bits per heavy atom. The average Bonchev–Trinajstić information content (AvgIpc) is 3.02. The van der Waals surface area contributed by atoms with E-state index >= 15 is 0 Å². The highest BCUT2D eigenvalue weighted by atomic mass is 16.2. The number of hydrogen-bond donors (Lipinski definition) is 1. The first-order valence-electron chi connectivity index (χ1n) is 7.05. The molecular weight excluding hydrogens is 270 g/mol. The molecule has 0 aliphatic carbocycles. The molecule has 2 fully saturated rings. The van der Waals surface area contributed by atoms with Gasteiger partial charge in [-0.2, -0.15) is 0 Å². The average molecular weight is 287 g/mol. The van der Waals surface area contributed by atoms with Gasteiger partial charge in [0.1, 0.15) is 12.6 Å². The van der Waals surface area contributed by atoms with E-state index < -0.39 is 0 Å². The number of fused-ring (bicyclic) bond motifs is 1. The molecule has 2 saturated heterocycles. The number of benzene rings is 1. The summed E-state index contributed by atoms with van der Waals surface area (Å²) in [5.41, 5.74) is 1.63. The van der Waals surface area contributed by atoms with Gasteiger partial charge in [0.05, 0.1) is 0 Å². The first kappa shape index (κ1) is 13.6. The second-order valence-corrected chi connectivity index (χ2v) is 5.42. The number of rotatable bonds is 3. The number of nitrogens with zero attached hydrogens (tertiary/aromatic N) is 2. The second kappa shape index (κ2) is 5.20. The summed E-state index contributed by atoms with van der Waals surface area (Å²) in [6, 6.07) is 6.68. The molecule has 21 heavy (non-hydrogen) atoms. The van der Waals surface area contributed by atoms with E-state index in [-0.39, 0.29) is 30.4 Å².